The molecule has 0 atom stereocenters. The first kappa shape index (κ1) is 15.2. The predicted octanol–water partition coefficient (Wildman–Crippen LogP) is 1.57. The fraction of sp³-hybridized carbons (Fsp3) is 0.429. The lowest BCUT2D eigenvalue weighted by Gasteiger charge is -2.05. The van der Waals surface area contributed by atoms with Gasteiger partial charge in [0.25, 0.3) is 0 Å². The fourth-order valence-corrected chi connectivity index (χ4v) is 1.52. The molecule has 2 N–H and O–H groups in total. The van der Waals surface area contributed by atoms with Gasteiger partial charge in [-0.1, -0.05) is 30.3 Å². The van der Waals surface area contributed by atoms with Gasteiger partial charge in [0.2, 0.25) is 0 Å². The van der Waals surface area contributed by atoms with Crippen molar-refractivity contribution in [2.45, 2.75) is 25.9 Å². The van der Waals surface area contributed by atoms with Gasteiger partial charge in [0.15, 0.2) is 0 Å². The van der Waals surface area contributed by atoms with Crippen molar-refractivity contribution in [1.82, 2.24) is 5.32 Å². The van der Waals surface area contributed by atoms with Crippen molar-refractivity contribution in [3.8, 4) is 0 Å². The zero-order valence-corrected chi connectivity index (χ0v) is 10.8. The van der Waals surface area contributed by atoms with E-state index in [2.05, 4.69) is 5.32 Å². The first-order valence-corrected chi connectivity index (χ1v) is 6.30. The van der Waals surface area contributed by atoms with Crippen molar-refractivity contribution in [3.05, 3.63) is 35.9 Å². The average molecular weight is 265 g/mol. The van der Waals surface area contributed by atoms with E-state index in [1.165, 1.54) is 0 Å². The smallest absolute Gasteiger partial charge is 0.317 e. The molecule has 0 amide bonds. The van der Waals surface area contributed by atoms with E-state index in [0.29, 0.717) is 26.0 Å². The SMILES string of the molecule is O=C(O)CNCCCCC(=O)OCc1ccccc1. The van der Waals surface area contributed by atoms with Gasteiger partial charge in [-0.25, -0.2) is 0 Å². The molecule has 0 unspecified atom stereocenters. The molecule has 19 heavy (non-hydrogen) atoms. The molecule has 0 saturated heterocycles. The molecule has 1 aromatic rings. The number of rotatable bonds is 9. The number of aliphatic carboxylic acids is 1. The van der Waals surface area contributed by atoms with Crippen molar-refractivity contribution in [3.63, 3.8) is 0 Å². The molecule has 5 heteroatoms. The van der Waals surface area contributed by atoms with Gasteiger partial charge in [-0.3, -0.25) is 9.59 Å². The van der Waals surface area contributed by atoms with Crippen LogP contribution in [0.1, 0.15) is 24.8 Å². The Hall–Kier alpha value is -1.88. The maximum atomic E-state index is 11.4. The number of benzene rings is 1. The second-order valence-electron chi connectivity index (χ2n) is 4.17. The van der Waals surface area contributed by atoms with E-state index in [4.69, 9.17) is 9.84 Å². The number of carboxylic acid groups (broad SMARTS) is 1. The normalized spacial score (nSPS) is 10.1. The molecule has 0 bridgehead atoms. The summed E-state index contributed by atoms with van der Waals surface area (Å²) in [5.41, 5.74) is 0.971. The Balaban J connectivity index is 2.01. The number of nitrogens with one attached hydrogen (secondary N) is 1. The van der Waals surface area contributed by atoms with Crippen LogP contribution in [0.2, 0.25) is 0 Å². The molecule has 1 aromatic carbocycles. The van der Waals surface area contributed by atoms with Crippen LogP contribution in [-0.2, 0) is 20.9 Å². The topological polar surface area (TPSA) is 75.6 Å². The van der Waals surface area contributed by atoms with Gasteiger partial charge in [0.1, 0.15) is 6.61 Å². The molecule has 5 nitrogen and oxygen atoms in total. The summed E-state index contributed by atoms with van der Waals surface area (Å²) >= 11 is 0. The minimum atomic E-state index is -0.873. The molecule has 0 aliphatic heterocycles. The van der Waals surface area contributed by atoms with E-state index < -0.39 is 5.97 Å². The summed E-state index contributed by atoms with van der Waals surface area (Å²) in [6.07, 6.45) is 1.82. The van der Waals surface area contributed by atoms with E-state index in [1.54, 1.807) is 0 Å². The van der Waals surface area contributed by atoms with E-state index in [0.717, 1.165) is 12.0 Å². The third kappa shape index (κ3) is 7.94. The Bertz CT molecular complexity index is 392. The van der Waals surface area contributed by atoms with Crippen LogP contribution in [0.3, 0.4) is 0 Å². The maximum Gasteiger partial charge on any atom is 0.317 e. The number of carboxylic acids is 1. The van der Waals surface area contributed by atoms with Crippen LogP contribution in [0.5, 0.6) is 0 Å². The zero-order valence-electron chi connectivity index (χ0n) is 10.8. The average Bonchev–Trinajstić information content (AvgIpc) is 2.41. The molecular formula is C14H19NO4. The molecule has 0 aliphatic rings. The van der Waals surface area contributed by atoms with E-state index >= 15 is 0 Å². The third-order valence-corrected chi connectivity index (χ3v) is 2.50. The van der Waals surface area contributed by atoms with Crippen LogP contribution in [0, 0.1) is 0 Å². The van der Waals surface area contributed by atoms with Crippen molar-refractivity contribution >= 4 is 11.9 Å². The summed E-state index contributed by atoms with van der Waals surface area (Å²) in [5.74, 6) is -1.09. The zero-order chi connectivity index (χ0) is 13.9. The second-order valence-corrected chi connectivity index (χ2v) is 4.17. The molecule has 0 aromatic heterocycles. The van der Waals surface area contributed by atoms with Gasteiger partial charge >= 0.3 is 11.9 Å². The molecule has 0 saturated carbocycles. The Morgan fingerprint density at radius 2 is 1.89 bits per heavy atom. The Morgan fingerprint density at radius 3 is 2.58 bits per heavy atom. The second kappa shape index (κ2) is 9.10. The van der Waals surface area contributed by atoms with Gasteiger partial charge in [-0.2, -0.15) is 0 Å². The fourth-order valence-electron chi connectivity index (χ4n) is 1.52. The number of carbonyl (C=O) groups is 2. The first-order chi connectivity index (χ1) is 9.18. The van der Waals surface area contributed by atoms with Crippen molar-refractivity contribution in [1.29, 1.82) is 0 Å². The lowest BCUT2D eigenvalue weighted by atomic mass is 10.2. The lowest BCUT2D eigenvalue weighted by molar-refractivity contribution is -0.145. The van der Waals surface area contributed by atoms with E-state index in [1.807, 2.05) is 30.3 Å². The van der Waals surface area contributed by atoms with Crippen molar-refractivity contribution in [2.24, 2.45) is 0 Å². The van der Waals surface area contributed by atoms with Gasteiger partial charge in [0.05, 0.1) is 6.54 Å². The van der Waals surface area contributed by atoms with Gasteiger partial charge in [-0.05, 0) is 24.9 Å². The first-order valence-electron chi connectivity index (χ1n) is 6.30. The maximum absolute atomic E-state index is 11.4. The molecule has 0 aliphatic carbocycles. The number of ether oxygens (including phenoxy) is 1. The highest BCUT2D eigenvalue weighted by molar-refractivity contribution is 5.69. The monoisotopic (exact) mass is 265 g/mol. The number of esters is 1. The highest BCUT2D eigenvalue weighted by Crippen LogP contribution is 2.03. The Kier molecular flexibility index (Phi) is 7.27. The largest absolute Gasteiger partial charge is 0.480 e. The summed E-state index contributed by atoms with van der Waals surface area (Å²) in [7, 11) is 0. The summed E-state index contributed by atoms with van der Waals surface area (Å²) in [6, 6.07) is 9.52. The van der Waals surface area contributed by atoms with Crippen LogP contribution >= 0.6 is 0 Å². The number of unbranched alkanes of at least 4 members (excludes halogenated alkanes) is 1. The lowest BCUT2D eigenvalue weighted by Crippen LogP contribution is -2.23. The van der Waals surface area contributed by atoms with E-state index in [-0.39, 0.29) is 12.5 Å². The molecule has 1 rings (SSSR count). The van der Waals surface area contributed by atoms with E-state index in [9.17, 15) is 9.59 Å². The van der Waals surface area contributed by atoms with Crippen LogP contribution < -0.4 is 5.32 Å². The number of carbonyl (C=O) groups excluding carboxylic acids is 1. The Labute approximate surface area is 112 Å². The van der Waals surface area contributed by atoms with Gasteiger partial charge in [-0.15, -0.1) is 0 Å². The van der Waals surface area contributed by atoms with Crippen LogP contribution in [0.15, 0.2) is 30.3 Å². The van der Waals surface area contributed by atoms with Crippen LogP contribution in [0.25, 0.3) is 0 Å². The van der Waals surface area contributed by atoms with Crippen molar-refractivity contribution < 1.29 is 19.4 Å². The minimum absolute atomic E-state index is 0.0432. The summed E-state index contributed by atoms with van der Waals surface area (Å²) in [5, 5.41) is 11.2. The third-order valence-electron chi connectivity index (χ3n) is 2.50. The quantitative estimate of drug-likeness (QED) is 0.523. The highest BCUT2D eigenvalue weighted by atomic mass is 16.5. The summed E-state index contributed by atoms with van der Waals surface area (Å²) in [6.45, 7) is 0.855. The van der Waals surface area contributed by atoms with Crippen LogP contribution in [0.4, 0.5) is 0 Å². The minimum Gasteiger partial charge on any atom is -0.480 e. The molecule has 104 valence electrons. The number of hydrogen-bond donors (Lipinski definition) is 2. The molecule has 0 radical (unpaired) electrons. The predicted molar refractivity (Wildman–Crippen MR) is 70.6 cm³/mol. The van der Waals surface area contributed by atoms with Crippen molar-refractivity contribution in [2.75, 3.05) is 13.1 Å². The molecule has 0 fully saturated rings. The highest BCUT2D eigenvalue weighted by Gasteiger charge is 2.03. The molecular weight excluding hydrogens is 246 g/mol. The summed E-state index contributed by atoms with van der Waals surface area (Å²) in [4.78, 5) is 21.6. The van der Waals surface area contributed by atoms with Gasteiger partial charge < -0.3 is 15.2 Å². The molecule has 0 spiro atoms. The standard InChI is InChI=1S/C14H19NO4/c16-13(17)10-15-9-5-4-8-14(18)19-11-12-6-2-1-3-7-12/h1-3,6-7,15H,4-5,8-11H2,(H,16,17). The summed E-state index contributed by atoms with van der Waals surface area (Å²) < 4.78 is 5.12. The Morgan fingerprint density at radius 1 is 1.16 bits per heavy atom. The number of hydrogen-bond acceptors (Lipinski definition) is 4. The van der Waals surface area contributed by atoms with Crippen LogP contribution in [-0.4, -0.2) is 30.1 Å². The molecule has 0 heterocycles. The van der Waals surface area contributed by atoms with Gasteiger partial charge in [0, 0.05) is 6.42 Å².